The topological polar surface area (TPSA) is 70.2 Å². The summed E-state index contributed by atoms with van der Waals surface area (Å²) in [6.45, 7) is 2.81. The molecule has 1 fully saturated rings. The van der Waals surface area contributed by atoms with Crippen LogP contribution in [0, 0.1) is 0 Å². The van der Waals surface area contributed by atoms with Crippen molar-refractivity contribution in [3.8, 4) is 0 Å². The molecule has 0 atom stereocenters. The number of amides is 3. The van der Waals surface area contributed by atoms with Crippen LogP contribution < -0.4 is 16.0 Å². The highest BCUT2D eigenvalue weighted by Gasteiger charge is 2.23. The van der Waals surface area contributed by atoms with Gasteiger partial charge in [0, 0.05) is 23.8 Å². The van der Waals surface area contributed by atoms with Crippen LogP contribution in [0.3, 0.4) is 0 Å². The van der Waals surface area contributed by atoms with Gasteiger partial charge >= 0.3 is 6.03 Å². The molecule has 1 aliphatic rings. The molecule has 0 aliphatic heterocycles. The van der Waals surface area contributed by atoms with Crippen LogP contribution in [-0.2, 0) is 0 Å². The predicted octanol–water partition coefficient (Wildman–Crippen LogP) is 2.89. The SMILES string of the molecule is CCCCCNC(=O)Nc1ccc(C(=O)NC2CC2)cc1. The van der Waals surface area contributed by atoms with Crippen molar-refractivity contribution in [2.24, 2.45) is 0 Å². The first-order valence-corrected chi connectivity index (χ1v) is 7.65. The normalized spacial score (nSPS) is 13.6. The Morgan fingerprint density at radius 3 is 2.48 bits per heavy atom. The minimum atomic E-state index is -0.207. The fourth-order valence-corrected chi connectivity index (χ4v) is 1.95. The van der Waals surface area contributed by atoms with Crippen LogP contribution in [0.5, 0.6) is 0 Å². The van der Waals surface area contributed by atoms with Gasteiger partial charge in [0.1, 0.15) is 0 Å². The highest BCUT2D eigenvalue weighted by molar-refractivity contribution is 5.95. The summed E-state index contributed by atoms with van der Waals surface area (Å²) in [5.74, 6) is -0.0481. The van der Waals surface area contributed by atoms with E-state index in [9.17, 15) is 9.59 Å². The van der Waals surface area contributed by atoms with Gasteiger partial charge in [-0.25, -0.2) is 4.79 Å². The molecule has 21 heavy (non-hydrogen) atoms. The third kappa shape index (κ3) is 5.45. The maximum atomic E-state index is 11.8. The maximum absolute atomic E-state index is 11.8. The Bertz CT molecular complexity index is 481. The van der Waals surface area contributed by atoms with Crippen molar-refractivity contribution >= 4 is 17.6 Å². The predicted molar refractivity (Wildman–Crippen MR) is 83.5 cm³/mol. The summed E-state index contributed by atoms with van der Waals surface area (Å²) in [5, 5.41) is 8.50. The van der Waals surface area contributed by atoms with Crippen LogP contribution in [0.15, 0.2) is 24.3 Å². The molecule has 3 N–H and O–H groups in total. The number of hydrogen-bond donors (Lipinski definition) is 3. The number of rotatable bonds is 7. The molecule has 1 saturated carbocycles. The molecule has 5 heteroatoms. The summed E-state index contributed by atoms with van der Waals surface area (Å²) in [6.07, 6.45) is 5.39. The van der Waals surface area contributed by atoms with Crippen LogP contribution in [0.2, 0.25) is 0 Å². The standard InChI is InChI=1S/C16H23N3O2/c1-2-3-4-11-17-16(21)19-14-7-5-12(6-8-14)15(20)18-13-9-10-13/h5-8,13H,2-4,9-11H2,1H3,(H,18,20)(H2,17,19,21). The number of unbranched alkanes of at least 4 members (excludes halogenated alkanes) is 2. The van der Waals surface area contributed by atoms with Gasteiger partial charge in [0.25, 0.3) is 5.91 Å². The Balaban J connectivity index is 1.75. The Kier molecular flexibility index (Phi) is 5.60. The molecular weight excluding hydrogens is 266 g/mol. The number of benzene rings is 1. The zero-order valence-corrected chi connectivity index (χ0v) is 12.4. The molecule has 114 valence electrons. The second-order valence-corrected chi connectivity index (χ2v) is 5.41. The minimum absolute atomic E-state index is 0.0481. The van der Waals surface area contributed by atoms with Gasteiger partial charge in [-0.1, -0.05) is 19.8 Å². The second kappa shape index (κ2) is 7.67. The number of carbonyl (C=O) groups excluding carboxylic acids is 2. The van der Waals surface area contributed by atoms with E-state index in [1.165, 1.54) is 0 Å². The summed E-state index contributed by atoms with van der Waals surface area (Å²) < 4.78 is 0. The Morgan fingerprint density at radius 2 is 1.86 bits per heavy atom. The van der Waals surface area contributed by atoms with Crippen LogP contribution in [-0.4, -0.2) is 24.5 Å². The van der Waals surface area contributed by atoms with Gasteiger partial charge < -0.3 is 16.0 Å². The van der Waals surface area contributed by atoms with E-state index in [1.807, 2.05) is 0 Å². The second-order valence-electron chi connectivity index (χ2n) is 5.41. The fourth-order valence-electron chi connectivity index (χ4n) is 1.95. The van der Waals surface area contributed by atoms with Gasteiger partial charge in [-0.05, 0) is 43.5 Å². The van der Waals surface area contributed by atoms with Crippen LogP contribution in [0.4, 0.5) is 10.5 Å². The first-order valence-electron chi connectivity index (χ1n) is 7.65. The zero-order valence-electron chi connectivity index (χ0n) is 12.4. The quantitative estimate of drug-likeness (QED) is 0.675. The molecule has 0 aromatic heterocycles. The van der Waals surface area contributed by atoms with Gasteiger partial charge in [0.05, 0.1) is 0 Å². The van der Waals surface area contributed by atoms with Crippen molar-refractivity contribution in [3.63, 3.8) is 0 Å². The molecule has 1 aromatic carbocycles. The molecule has 0 saturated heterocycles. The highest BCUT2D eigenvalue weighted by Crippen LogP contribution is 2.19. The fraction of sp³-hybridized carbons (Fsp3) is 0.500. The van der Waals surface area contributed by atoms with Crippen LogP contribution >= 0.6 is 0 Å². The Labute approximate surface area is 125 Å². The van der Waals surface area contributed by atoms with E-state index in [1.54, 1.807) is 24.3 Å². The van der Waals surface area contributed by atoms with Gasteiger partial charge in [0.15, 0.2) is 0 Å². The van der Waals surface area contributed by atoms with Crippen molar-refractivity contribution in [1.29, 1.82) is 0 Å². The van der Waals surface area contributed by atoms with Gasteiger partial charge in [-0.15, -0.1) is 0 Å². The van der Waals surface area contributed by atoms with Crippen molar-refractivity contribution in [2.75, 3.05) is 11.9 Å². The van der Waals surface area contributed by atoms with Gasteiger partial charge in [-0.2, -0.15) is 0 Å². The molecule has 2 rings (SSSR count). The lowest BCUT2D eigenvalue weighted by atomic mass is 10.2. The molecular formula is C16H23N3O2. The highest BCUT2D eigenvalue weighted by atomic mass is 16.2. The minimum Gasteiger partial charge on any atom is -0.349 e. The summed E-state index contributed by atoms with van der Waals surface area (Å²) in [7, 11) is 0. The number of anilines is 1. The lowest BCUT2D eigenvalue weighted by molar-refractivity contribution is 0.0951. The van der Waals surface area contributed by atoms with Crippen molar-refractivity contribution < 1.29 is 9.59 Å². The summed E-state index contributed by atoms with van der Waals surface area (Å²) in [6, 6.07) is 7.08. The van der Waals surface area contributed by atoms with Crippen molar-refractivity contribution in [1.82, 2.24) is 10.6 Å². The summed E-state index contributed by atoms with van der Waals surface area (Å²) in [4.78, 5) is 23.5. The number of hydrogen-bond acceptors (Lipinski definition) is 2. The van der Waals surface area contributed by atoms with Gasteiger partial charge in [0.2, 0.25) is 0 Å². The molecule has 3 amide bonds. The summed E-state index contributed by atoms with van der Waals surface area (Å²) >= 11 is 0. The van der Waals surface area contributed by atoms with Crippen LogP contribution in [0.1, 0.15) is 49.4 Å². The third-order valence-corrected chi connectivity index (χ3v) is 3.38. The third-order valence-electron chi connectivity index (χ3n) is 3.38. The molecule has 1 aliphatic carbocycles. The Hall–Kier alpha value is -2.04. The molecule has 1 aromatic rings. The smallest absolute Gasteiger partial charge is 0.319 e. The maximum Gasteiger partial charge on any atom is 0.319 e. The number of nitrogens with one attached hydrogen (secondary N) is 3. The van der Waals surface area contributed by atoms with E-state index >= 15 is 0 Å². The Morgan fingerprint density at radius 1 is 1.14 bits per heavy atom. The number of carbonyl (C=O) groups is 2. The summed E-state index contributed by atoms with van der Waals surface area (Å²) in [5.41, 5.74) is 1.31. The lowest BCUT2D eigenvalue weighted by Crippen LogP contribution is -2.29. The first-order chi connectivity index (χ1) is 10.2. The van der Waals surface area contributed by atoms with Crippen LogP contribution in [0.25, 0.3) is 0 Å². The average molecular weight is 289 g/mol. The van der Waals surface area contributed by atoms with E-state index in [2.05, 4.69) is 22.9 Å². The molecule has 0 spiro atoms. The number of urea groups is 1. The zero-order chi connectivity index (χ0) is 15.1. The van der Waals surface area contributed by atoms with Gasteiger partial charge in [-0.3, -0.25) is 4.79 Å². The van der Waals surface area contributed by atoms with E-state index in [0.29, 0.717) is 23.8 Å². The lowest BCUT2D eigenvalue weighted by Gasteiger charge is -2.08. The van der Waals surface area contributed by atoms with Crippen molar-refractivity contribution in [3.05, 3.63) is 29.8 Å². The van der Waals surface area contributed by atoms with Crippen molar-refractivity contribution in [2.45, 2.75) is 45.1 Å². The van der Waals surface area contributed by atoms with E-state index in [0.717, 1.165) is 32.1 Å². The molecule has 0 heterocycles. The molecule has 0 radical (unpaired) electrons. The molecule has 0 bridgehead atoms. The monoisotopic (exact) mass is 289 g/mol. The molecule has 0 unspecified atom stereocenters. The van der Waals surface area contributed by atoms with E-state index < -0.39 is 0 Å². The average Bonchev–Trinajstić information content (AvgIpc) is 3.28. The van der Waals surface area contributed by atoms with E-state index in [-0.39, 0.29) is 11.9 Å². The largest absolute Gasteiger partial charge is 0.349 e. The molecule has 5 nitrogen and oxygen atoms in total. The first kappa shape index (κ1) is 15.4. The van der Waals surface area contributed by atoms with E-state index in [4.69, 9.17) is 0 Å².